The predicted molar refractivity (Wildman–Crippen MR) is 87.0 cm³/mol. The highest BCUT2D eigenvalue weighted by Crippen LogP contribution is 2.55. The number of benzene rings is 1. The maximum Gasteiger partial charge on any atom is 0.0725 e. The Morgan fingerprint density at radius 1 is 1.15 bits per heavy atom. The molecule has 3 rings (SSSR count). The first-order chi connectivity index (χ1) is 9.61. The van der Waals surface area contributed by atoms with Crippen molar-refractivity contribution in [1.29, 1.82) is 0 Å². The van der Waals surface area contributed by atoms with Crippen LogP contribution in [-0.4, -0.2) is 0 Å². The first kappa shape index (κ1) is 14.6. The average molecular weight is 337 g/mol. The van der Waals surface area contributed by atoms with Crippen molar-refractivity contribution in [1.82, 2.24) is 0 Å². The summed E-state index contributed by atoms with van der Waals surface area (Å²) in [6.07, 6.45) is 6.85. The van der Waals surface area contributed by atoms with E-state index in [9.17, 15) is 0 Å². The Kier molecular flexibility index (Phi) is 4.24. The zero-order valence-corrected chi connectivity index (χ0v) is 14.2. The molecule has 0 spiro atoms. The maximum absolute atomic E-state index is 5.55. The summed E-state index contributed by atoms with van der Waals surface area (Å²) in [7, 11) is 0. The average Bonchev–Trinajstić information content (AvgIpc) is 3.05. The summed E-state index contributed by atoms with van der Waals surface area (Å²) in [4.78, 5) is 0.491. The first-order valence-corrected chi connectivity index (χ1v) is 8.86. The van der Waals surface area contributed by atoms with Gasteiger partial charge in [0.15, 0.2) is 0 Å². The normalized spacial score (nSPS) is 22.2. The monoisotopic (exact) mass is 336 g/mol. The van der Waals surface area contributed by atoms with Crippen LogP contribution in [0.4, 0.5) is 0 Å². The van der Waals surface area contributed by atoms with Crippen LogP contribution in [-0.2, 0) is 18.0 Å². The summed E-state index contributed by atoms with van der Waals surface area (Å²) in [5, 5.41) is 0. The molecule has 0 N–H and O–H groups in total. The topological polar surface area (TPSA) is 9.23 Å². The second-order valence-electron chi connectivity index (χ2n) is 7.05. The Bertz CT molecular complexity index is 474. The highest BCUT2D eigenvalue weighted by molar-refractivity contribution is 9.09. The van der Waals surface area contributed by atoms with Crippen molar-refractivity contribution in [3.8, 4) is 0 Å². The summed E-state index contributed by atoms with van der Waals surface area (Å²) in [5.74, 6) is 0.769. The van der Waals surface area contributed by atoms with E-state index in [1.165, 1.54) is 48.8 Å². The number of halogens is 1. The number of ether oxygens (including phenoxy) is 1. The van der Waals surface area contributed by atoms with Crippen LogP contribution in [0.5, 0.6) is 0 Å². The number of fused-ring (bicyclic) bond motifs is 1. The van der Waals surface area contributed by atoms with Gasteiger partial charge in [-0.15, -0.1) is 0 Å². The molecule has 1 nitrogen and oxygen atoms in total. The first-order valence-electron chi connectivity index (χ1n) is 7.94. The largest absolute Gasteiger partial charge is 0.372 e. The van der Waals surface area contributed by atoms with Gasteiger partial charge in [0.05, 0.1) is 13.2 Å². The third-order valence-electron chi connectivity index (χ3n) is 4.99. The van der Waals surface area contributed by atoms with Gasteiger partial charge in [0.1, 0.15) is 0 Å². The smallest absolute Gasteiger partial charge is 0.0725 e. The highest BCUT2D eigenvalue weighted by Gasteiger charge is 2.41. The van der Waals surface area contributed by atoms with Gasteiger partial charge in [0, 0.05) is 4.83 Å². The fourth-order valence-corrected chi connectivity index (χ4v) is 5.09. The number of alkyl halides is 1. The molecule has 20 heavy (non-hydrogen) atoms. The van der Waals surface area contributed by atoms with E-state index in [2.05, 4.69) is 48.0 Å². The van der Waals surface area contributed by atoms with Crippen molar-refractivity contribution >= 4 is 15.9 Å². The molecule has 1 aliphatic carbocycles. The standard InChI is InChI=1S/C18H25BrO/c1-13(2)10-18(7-3-4-8-18)17(19)14-5-6-15-11-20-12-16(15)9-14/h5-6,9,13,17H,3-4,7-8,10-12H2,1-2H3. The zero-order chi connectivity index (χ0) is 14.2. The molecule has 1 heterocycles. The molecule has 1 aromatic carbocycles. The van der Waals surface area contributed by atoms with Crippen LogP contribution in [0.25, 0.3) is 0 Å². The van der Waals surface area contributed by atoms with E-state index in [0.717, 1.165) is 19.1 Å². The van der Waals surface area contributed by atoms with Gasteiger partial charge in [0.2, 0.25) is 0 Å². The third-order valence-corrected chi connectivity index (χ3v) is 6.49. The lowest BCUT2D eigenvalue weighted by Crippen LogP contribution is -2.24. The summed E-state index contributed by atoms with van der Waals surface area (Å²) in [6.45, 7) is 6.30. The van der Waals surface area contributed by atoms with Crippen molar-refractivity contribution in [2.45, 2.75) is 64.0 Å². The van der Waals surface area contributed by atoms with Crippen LogP contribution in [0, 0.1) is 11.3 Å². The SMILES string of the molecule is CC(C)CC1(C(Br)c2ccc3c(c2)COC3)CCCC1. The number of hydrogen-bond donors (Lipinski definition) is 0. The molecular formula is C18H25BrO. The fraction of sp³-hybridized carbons (Fsp3) is 0.667. The second kappa shape index (κ2) is 5.81. The van der Waals surface area contributed by atoms with Gasteiger partial charge in [-0.2, -0.15) is 0 Å². The molecule has 0 saturated heterocycles. The van der Waals surface area contributed by atoms with Gasteiger partial charge in [-0.3, -0.25) is 0 Å². The lowest BCUT2D eigenvalue weighted by molar-refractivity contribution is 0.134. The molecule has 1 aromatic rings. The Labute approximate surface area is 131 Å². The van der Waals surface area contributed by atoms with E-state index in [0.29, 0.717) is 10.2 Å². The van der Waals surface area contributed by atoms with Crippen LogP contribution in [0.2, 0.25) is 0 Å². The van der Waals surface area contributed by atoms with E-state index in [-0.39, 0.29) is 0 Å². The summed E-state index contributed by atoms with van der Waals surface area (Å²) < 4.78 is 5.55. The van der Waals surface area contributed by atoms with Gasteiger partial charge in [-0.1, -0.05) is 60.8 Å². The molecule has 1 unspecified atom stereocenters. The molecule has 1 fully saturated rings. The van der Waals surface area contributed by atoms with E-state index >= 15 is 0 Å². The molecule has 0 bridgehead atoms. The predicted octanol–water partition coefficient (Wildman–Crippen LogP) is 5.76. The molecule has 1 aliphatic heterocycles. The van der Waals surface area contributed by atoms with Crippen molar-refractivity contribution in [3.63, 3.8) is 0 Å². The molecular weight excluding hydrogens is 312 g/mol. The molecule has 0 radical (unpaired) electrons. The van der Waals surface area contributed by atoms with Crippen LogP contribution in [0.15, 0.2) is 18.2 Å². The van der Waals surface area contributed by atoms with Crippen molar-refractivity contribution < 1.29 is 4.74 Å². The molecule has 110 valence electrons. The van der Waals surface area contributed by atoms with Crippen LogP contribution >= 0.6 is 15.9 Å². The van der Waals surface area contributed by atoms with Gasteiger partial charge in [0.25, 0.3) is 0 Å². The Morgan fingerprint density at radius 2 is 1.85 bits per heavy atom. The van der Waals surface area contributed by atoms with Crippen LogP contribution in [0.1, 0.15) is 67.5 Å². The molecule has 1 saturated carbocycles. The molecule has 0 aromatic heterocycles. The van der Waals surface area contributed by atoms with E-state index in [1.54, 1.807) is 0 Å². The fourth-order valence-electron chi connectivity index (χ4n) is 4.16. The third kappa shape index (κ3) is 2.69. The highest BCUT2D eigenvalue weighted by atomic mass is 79.9. The molecule has 1 atom stereocenters. The minimum absolute atomic E-state index is 0.460. The summed E-state index contributed by atoms with van der Waals surface area (Å²) in [5.41, 5.74) is 4.68. The molecule has 2 heteroatoms. The minimum Gasteiger partial charge on any atom is -0.372 e. The Morgan fingerprint density at radius 3 is 2.55 bits per heavy atom. The minimum atomic E-state index is 0.460. The Balaban J connectivity index is 1.87. The van der Waals surface area contributed by atoms with Crippen molar-refractivity contribution in [2.75, 3.05) is 0 Å². The zero-order valence-electron chi connectivity index (χ0n) is 12.6. The van der Waals surface area contributed by atoms with Gasteiger partial charge in [-0.05, 0) is 47.3 Å². The maximum atomic E-state index is 5.55. The lowest BCUT2D eigenvalue weighted by atomic mass is 9.74. The summed E-state index contributed by atoms with van der Waals surface area (Å²) in [6, 6.07) is 6.96. The van der Waals surface area contributed by atoms with Gasteiger partial charge in [-0.25, -0.2) is 0 Å². The van der Waals surface area contributed by atoms with E-state index in [4.69, 9.17) is 4.74 Å². The van der Waals surface area contributed by atoms with Crippen LogP contribution in [0.3, 0.4) is 0 Å². The van der Waals surface area contributed by atoms with Crippen LogP contribution < -0.4 is 0 Å². The molecule has 2 aliphatic rings. The lowest BCUT2D eigenvalue weighted by Gasteiger charge is -2.36. The molecule has 0 amide bonds. The Hall–Kier alpha value is -0.340. The summed E-state index contributed by atoms with van der Waals surface area (Å²) >= 11 is 4.07. The van der Waals surface area contributed by atoms with Crippen molar-refractivity contribution in [2.24, 2.45) is 11.3 Å². The number of rotatable bonds is 4. The van der Waals surface area contributed by atoms with E-state index in [1.807, 2.05) is 0 Å². The quantitative estimate of drug-likeness (QED) is 0.635. The van der Waals surface area contributed by atoms with Crippen molar-refractivity contribution in [3.05, 3.63) is 34.9 Å². The van der Waals surface area contributed by atoms with E-state index < -0.39 is 0 Å². The van der Waals surface area contributed by atoms with Gasteiger partial charge < -0.3 is 4.74 Å². The second-order valence-corrected chi connectivity index (χ2v) is 7.97. The number of hydrogen-bond acceptors (Lipinski definition) is 1. The van der Waals surface area contributed by atoms with Gasteiger partial charge >= 0.3 is 0 Å².